The molecule has 5 nitrogen and oxygen atoms in total. The molecule has 1 heterocycles. The zero-order valence-corrected chi connectivity index (χ0v) is 12.2. The number of rotatable bonds is 4. The lowest BCUT2D eigenvalue weighted by Gasteiger charge is -2.35. The van der Waals surface area contributed by atoms with Gasteiger partial charge in [-0.15, -0.1) is 0 Å². The molecule has 1 aromatic carbocycles. The number of carbonyl (C=O) groups is 1. The Labute approximate surface area is 124 Å². The van der Waals surface area contributed by atoms with Crippen molar-refractivity contribution in [3.05, 3.63) is 48.2 Å². The number of likely N-dealkylation sites (tertiary alicyclic amines) is 1. The van der Waals surface area contributed by atoms with E-state index in [9.17, 15) is 9.90 Å². The van der Waals surface area contributed by atoms with Gasteiger partial charge in [0, 0.05) is 19.6 Å². The van der Waals surface area contributed by atoms with Gasteiger partial charge in [-0.3, -0.25) is 0 Å². The average Bonchev–Trinajstić information content (AvgIpc) is 2.53. The van der Waals surface area contributed by atoms with Gasteiger partial charge in [-0.05, 0) is 12.0 Å². The van der Waals surface area contributed by atoms with Gasteiger partial charge in [0.25, 0.3) is 0 Å². The summed E-state index contributed by atoms with van der Waals surface area (Å²) >= 11 is 0. The molecule has 1 aromatic rings. The van der Waals surface area contributed by atoms with Crippen LogP contribution in [0.1, 0.15) is 12.0 Å². The normalized spacial score (nSPS) is 21.9. The van der Waals surface area contributed by atoms with Crippen molar-refractivity contribution in [2.45, 2.75) is 19.1 Å². The first kappa shape index (κ1) is 15.4. The summed E-state index contributed by atoms with van der Waals surface area (Å²) in [5.74, 6) is -0.0921. The third-order valence-corrected chi connectivity index (χ3v) is 3.68. The van der Waals surface area contributed by atoms with Crippen molar-refractivity contribution in [1.29, 1.82) is 0 Å². The SMILES string of the molecule is C=C(O)C1CC(OC)CN(C(=O)OCc2ccccc2)C1. The molecule has 0 saturated carbocycles. The maximum absolute atomic E-state index is 12.1. The number of methoxy groups -OCH3 is 1. The van der Waals surface area contributed by atoms with E-state index in [0.717, 1.165) is 5.56 Å². The van der Waals surface area contributed by atoms with E-state index in [4.69, 9.17) is 9.47 Å². The van der Waals surface area contributed by atoms with E-state index in [1.54, 1.807) is 12.0 Å². The molecule has 0 bridgehead atoms. The van der Waals surface area contributed by atoms with Crippen molar-refractivity contribution in [3.8, 4) is 0 Å². The quantitative estimate of drug-likeness (QED) is 0.867. The zero-order valence-electron chi connectivity index (χ0n) is 12.2. The molecular formula is C16H21NO4. The predicted octanol–water partition coefficient (Wildman–Crippen LogP) is 2.73. The average molecular weight is 291 g/mol. The first-order valence-corrected chi connectivity index (χ1v) is 6.96. The van der Waals surface area contributed by atoms with E-state index in [1.165, 1.54) is 0 Å². The Morgan fingerprint density at radius 3 is 2.71 bits per heavy atom. The smallest absolute Gasteiger partial charge is 0.410 e. The van der Waals surface area contributed by atoms with Crippen molar-refractivity contribution in [2.24, 2.45) is 5.92 Å². The van der Waals surface area contributed by atoms with Crippen molar-refractivity contribution < 1.29 is 19.4 Å². The molecule has 1 N–H and O–H groups in total. The summed E-state index contributed by atoms with van der Waals surface area (Å²) in [5, 5.41) is 9.57. The zero-order chi connectivity index (χ0) is 15.2. The highest BCUT2D eigenvalue weighted by molar-refractivity contribution is 5.68. The minimum atomic E-state index is -0.396. The Bertz CT molecular complexity index is 488. The number of carbonyl (C=O) groups excluding carboxylic acids is 1. The third kappa shape index (κ3) is 4.23. The number of hydrogen-bond donors (Lipinski definition) is 1. The summed E-state index contributed by atoms with van der Waals surface area (Å²) in [5.41, 5.74) is 0.939. The van der Waals surface area contributed by atoms with Gasteiger partial charge < -0.3 is 19.5 Å². The molecule has 1 amide bonds. The van der Waals surface area contributed by atoms with Crippen LogP contribution in [0.25, 0.3) is 0 Å². The Hall–Kier alpha value is -2.01. The van der Waals surface area contributed by atoms with Gasteiger partial charge in [0.1, 0.15) is 6.61 Å². The Balaban J connectivity index is 1.92. The third-order valence-electron chi connectivity index (χ3n) is 3.68. The molecule has 2 unspecified atom stereocenters. The maximum Gasteiger partial charge on any atom is 0.410 e. The Kier molecular flexibility index (Phi) is 5.22. The van der Waals surface area contributed by atoms with Crippen molar-refractivity contribution in [2.75, 3.05) is 20.2 Å². The van der Waals surface area contributed by atoms with Crippen molar-refractivity contribution in [1.82, 2.24) is 4.90 Å². The number of nitrogens with zero attached hydrogens (tertiary/aromatic N) is 1. The molecule has 0 aliphatic carbocycles. The molecule has 21 heavy (non-hydrogen) atoms. The number of benzene rings is 1. The van der Waals surface area contributed by atoms with Crippen LogP contribution in [0.4, 0.5) is 4.79 Å². The van der Waals surface area contributed by atoms with Crippen LogP contribution in [0, 0.1) is 5.92 Å². The molecule has 114 valence electrons. The van der Waals surface area contributed by atoms with Gasteiger partial charge in [0.05, 0.1) is 18.4 Å². The van der Waals surface area contributed by atoms with E-state index >= 15 is 0 Å². The standard InChI is InChI=1S/C16H21NO4/c1-12(18)14-8-15(20-2)10-17(9-14)16(19)21-11-13-6-4-3-5-7-13/h3-7,14-15,18H,1,8-11H2,2H3. The number of aliphatic hydroxyl groups is 1. The van der Waals surface area contributed by atoms with E-state index < -0.39 is 6.09 Å². The van der Waals surface area contributed by atoms with Crippen molar-refractivity contribution in [3.63, 3.8) is 0 Å². The molecule has 2 rings (SSSR count). The number of piperidine rings is 1. The minimum Gasteiger partial charge on any atom is -0.513 e. The van der Waals surface area contributed by atoms with Gasteiger partial charge in [-0.25, -0.2) is 4.79 Å². The fourth-order valence-corrected chi connectivity index (χ4v) is 2.42. The van der Waals surface area contributed by atoms with Crippen LogP contribution >= 0.6 is 0 Å². The summed E-state index contributed by atoms with van der Waals surface area (Å²) in [4.78, 5) is 13.7. The Morgan fingerprint density at radius 1 is 1.38 bits per heavy atom. The first-order chi connectivity index (χ1) is 10.1. The topological polar surface area (TPSA) is 59.0 Å². The van der Waals surface area contributed by atoms with Gasteiger partial charge in [-0.2, -0.15) is 0 Å². The summed E-state index contributed by atoms with van der Waals surface area (Å²) in [6.45, 7) is 4.66. The first-order valence-electron chi connectivity index (χ1n) is 6.96. The van der Waals surface area contributed by atoms with Crippen LogP contribution in [0.15, 0.2) is 42.7 Å². The van der Waals surface area contributed by atoms with E-state index in [2.05, 4.69) is 6.58 Å². The van der Waals surface area contributed by atoms with Crippen LogP contribution in [-0.4, -0.2) is 42.4 Å². The second-order valence-corrected chi connectivity index (χ2v) is 5.23. The maximum atomic E-state index is 12.1. The summed E-state index contributed by atoms with van der Waals surface area (Å²) in [6, 6.07) is 9.52. The lowest BCUT2D eigenvalue weighted by molar-refractivity contribution is 0.00233. The fraction of sp³-hybridized carbons (Fsp3) is 0.438. The molecule has 0 aromatic heterocycles. The highest BCUT2D eigenvalue weighted by Gasteiger charge is 2.32. The van der Waals surface area contributed by atoms with Crippen LogP contribution in [-0.2, 0) is 16.1 Å². The van der Waals surface area contributed by atoms with Crippen LogP contribution in [0.2, 0.25) is 0 Å². The van der Waals surface area contributed by atoms with E-state index in [0.29, 0.717) is 19.5 Å². The molecule has 2 atom stereocenters. The fourth-order valence-electron chi connectivity index (χ4n) is 2.42. The second-order valence-electron chi connectivity index (χ2n) is 5.23. The molecule has 0 spiro atoms. The van der Waals surface area contributed by atoms with Crippen LogP contribution < -0.4 is 0 Å². The molecule has 5 heteroatoms. The molecule has 1 aliphatic heterocycles. The molecule has 1 saturated heterocycles. The van der Waals surface area contributed by atoms with Gasteiger partial charge in [-0.1, -0.05) is 36.9 Å². The number of ether oxygens (including phenoxy) is 2. The predicted molar refractivity (Wildman–Crippen MR) is 78.9 cm³/mol. The highest BCUT2D eigenvalue weighted by Crippen LogP contribution is 2.23. The van der Waals surface area contributed by atoms with Gasteiger partial charge in [0.2, 0.25) is 0 Å². The van der Waals surface area contributed by atoms with E-state index in [1.807, 2.05) is 30.3 Å². The lowest BCUT2D eigenvalue weighted by atomic mass is 9.95. The van der Waals surface area contributed by atoms with Crippen molar-refractivity contribution >= 4 is 6.09 Å². The van der Waals surface area contributed by atoms with Crippen LogP contribution in [0.3, 0.4) is 0 Å². The molecule has 1 aliphatic rings. The van der Waals surface area contributed by atoms with Crippen LogP contribution in [0.5, 0.6) is 0 Å². The summed E-state index contributed by atoms with van der Waals surface area (Å²) < 4.78 is 10.6. The largest absolute Gasteiger partial charge is 0.513 e. The minimum absolute atomic E-state index is 0.0811. The monoisotopic (exact) mass is 291 g/mol. The van der Waals surface area contributed by atoms with E-state index in [-0.39, 0.29) is 24.4 Å². The number of amides is 1. The summed E-state index contributed by atoms with van der Waals surface area (Å²) in [6.07, 6.45) is 0.151. The highest BCUT2D eigenvalue weighted by atomic mass is 16.6. The molecule has 0 radical (unpaired) electrons. The summed E-state index contributed by atoms with van der Waals surface area (Å²) in [7, 11) is 1.60. The Morgan fingerprint density at radius 2 is 2.10 bits per heavy atom. The molecular weight excluding hydrogens is 270 g/mol. The van der Waals surface area contributed by atoms with Gasteiger partial charge in [0.15, 0.2) is 0 Å². The lowest BCUT2D eigenvalue weighted by Crippen LogP contribution is -2.47. The number of aliphatic hydroxyl groups excluding tert-OH is 1. The van der Waals surface area contributed by atoms with Gasteiger partial charge >= 0.3 is 6.09 Å². The second kappa shape index (κ2) is 7.13. The molecule has 1 fully saturated rings. The number of hydrogen-bond acceptors (Lipinski definition) is 4.